The minimum Gasteiger partial charge on any atom is -0.422 e. The van der Waals surface area contributed by atoms with E-state index in [9.17, 15) is 18.0 Å². The summed E-state index contributed by atoms with van der Waals surface area (Å²) in [6.45, 7) is 0. The van der Waals surface area contributed by atoms with E-state index in [-0.39, 0.29) is 0 Å². The van der Waals surface area contributed by atoms with Crippen molar-refractivity contribution in [1.82, 2.24) is 5.43 Å². The SMILES string of the molecule is NNC(=O)C(F)(F)Oc1cc(Br)ccc1F. The molecule has 3 N–H and O–H groups in total. The Morgan fingerprint density at radius 1 is 1.50 bits per heavy atom. The van der Waals surface area contributed by atoms with Gasteiger partial charge in [-0.25, -0.2) is 10.2 Å². The first kappa shape index (κ1) is 12.8. The number of hydrazine groups is 1. The number of benzene rings is 1. The lowest BCUT2D eigenvalue weighted by atomic mass is 10.3. The second-order valence-electron chi connectivity index (χ2n) is 2.67. The fourth-order valence-corrected chi connectivity index (χ4v) is 1.16. The number of carbonyl (C=O) groups is 1. The highest BCUT2D eigenvalue weighted by molar-refractivity contribution is 9.10. The van der Waals surface area contributed by atoms with Crippen LogP contribution in [0.4, 0.5) is 13.2 Å². The zero-order valence-corrected chi connectivity index (χ0v) is 9.22. The lowest BCUT2D eigenvalue weighted by Crippen LogP contribution is -2.47. The summed E-state index contributed by atoms with van der Waals surface area (Å²) >= 11 is 2.94. The highest BCUT2D eigenvalue weighted by Crippen LogP contribution is 2.27. The maximum Gasteiger partial charge on any atom is 0.483 e. The third-order valence-corrected chi connectivity index (χ3v) is 2.02. The first-order chi connectivity index (χ1) is 7.36. The number of rotatable bonds is 3. The molecule has 16 heavy (non-hydrogen) atoms. The summed E-state index contributed by atoms with van der Waals surface area (Å²) < 4.78 is 43.1. The van der Waals surface area contributed by atoms with Crippen LogP contribution in [0, 0.1) is 5.82 Å². The van der Waals surface area contributed by atoms with E-state index in [0.717, 1.165) is 12.1 Å². The molecule has 1 aromatic rings. The molecule has 0 saturated carbocycles. The van der Waals surface area contributed by atoms with Crippen LogP contribution in [0.5, 0.6) is 5.75 Å². The topological polar surface area (TPSA) is 64.3 Å². The second-order valence-corrected chi connectivity index (χ2v) is 3.58. The van der Waals surface area contributed by atoms with Crippen molar-refractivity contribution in [3.05, 3.63) is 28.5 Å². The van der Waals surface area contributed by atoms with Crippen molar-refractivity contribution in [1.29, 1.82) is 0 Å². The molecule has 1 aromatic carbocycles. The van der Waals surface area contributed by atoms with Crippen molar-refractivity contribution in [2.24, 2.45) is 5.84 Å². The molecular weight excluding hydrogens is 293 g/mol. The third-order valence-electron chi connectivity index (χ3n) is 1.53. The molecule has 1 amide bonds. The Labute approximate surface area is 96.7 Å². The van der Waals surface area contributed by atoms with E-state index in [2.05, 4.69) is 26.5 Å². The Balaban J connectivity index is 2.95. The number of amides is 1. The van der Waals surface area contributed by atoms with E-state index in [4.69, 9.17) is 0 Å². The maximum atomic E-state index is 13.0. The van der Waals surface area contributed by atoms with Crippen LogP contribution in [0.25, 0.3) is 0 Å². The lowest BCUT2D eigenvalue weighted by Gasteiger charge is -2.16. The molecular formula is C8H6BrF3N2O2. The Bertz CT molecular complexity index is 414. The van der Waals surface area contributed by atoms with Crippen LogP contribution in [-0.4, -0.2) is 12.0 Å². The highest BCUT2D eigenvalue weighted by atomic mass is 79.9. The predicted molar refractivity (Wildman–Crippen MR) is 52.0 cm³/mol. The number of alkyl halides is 2. The second kappa shape index (κ2) is 4.71. The molecule has 0 saturated heterocycles. The average molecular weight is 299 g/mol. The minimum absolute atomic E-state index is 0.327. The zero-order valence-electron chi connectivity index (χ0n) is 7.64. The molecule has 0 aromatic heterocycles. The van der Waals surface area contributed by atoms with Gasteiger partial charge in [-0.1, -0.05) is 15.9 Å². The van der Waals surface area contributed by atoms with Gasteiger partial charge in [-0.2, -0.15) is 8.78 Å². The van der Waals surface area contributed by atoms with Crippen LogP contribution in [0.2, 0.25) is 0 Å². The van der Waals surface area contributed by atoms with Gasteiger partial charge in [0.2, 0.25) is 0 Å². The zero-order chi connectivity index (χ0) is 12.3. The van der Waals surface area contributed by atoms with Crippen molar-refractivity contribution in [3.63, 3.8) is 0 Å². The van der Waals surface area contributed by atoms with E-state index < -0.39 is 23.6 Å². The van der Waals surface area contributed by atoms with Gasteiger partial charge in [0.05, 0.1) is 0 Å². The first-order valence-electron chi connectivity index (χ1n) is 3.90. The number of hydrogen-bond donors (Lipinski definition) is 2. The molecule has 0 radical (unpaired) electrons. The Morgan fingerprint density at radius 3 is 2.69 bits per heavy atom. The molecule has 0 fully saturated rings. The highest BCUT2D eigenvalue weighted by Gasteiger charge is 2.42. The number of hydrogen-bond acceptors (Lipinski definition) is 3. The van der Waals surface area contributed by atoms with Gasteiger partial charge >= 0.3 is 12.0 Å². The quantitative estimate of drug-likeness (QED) is 0.505. The Hall–Kier alpha value is -1.28. The standard InChI is InChI=1S/C8H6BrF3N2O2/c9-4-1-2-5(10)6(3-4)16-8(11,12)7(15)14-13/h1-3H,13H2,(H,14,15). The molecule has 1 rings (SSSR count). The number of nitrogens with one attached hydrogen (secondary N) is 1. The smallest absolute Gasteiger partial charge is 0.422 e. The van der Waals surface area contributed by atoms with Crippen LogP contribution in [-0.2, 0) is 4.79 Å². The molecule has 8 heteroatoms. The van der Waals surface area contributed by atoms with Gasteiger partial charge in [0.25, 0.3) is 0 Å². The number of nitrogens with two attached hydrogens (primary N) is 1. The van der Waals surface area contributed by atoms with E-state index in [1.165, 1.54) is 11.5 Å². The lowest BCUT2D eigenvalue weighted by molar-refractivity contribution is -0.193. The molecule has 0 aliphatic carbocycles. The van der Waals surface area contributed by atoms with Gasteiger partial charge in [-0.05, 0) is 18.2 Å². The fraction of sp³-hybridized carbons (Fsp3) is 0.125. The minimum atomic E-state index is -4.24. The normalized spacial score (nSPS) is 11.1. The van der Waals surface area contributed by atoms with Crippen LogP contribution >= 0.6 is 15.9 Å². The summed E-state index contributed by atoms with van der Waals surface area (Å²) in [5, 5.41) is 0. The average Bonchev–Trinajstić information content (AvgIpc) is 2.22. The molecule has 0 spiro atoms. The summed E-state index contributed by atoms with van der Waals surface area (Å²) in [6, 6.07) is 3.17. The summed E-state index contributed by atoms with van der Waals surface area (Å²) in [7, 11) is 0. The van der Waals surface area contributed by atoms with Crippen molar-refractivity contribution < 1.29 is 22.7 Å². The van der Waals surface area contributed by atoms with Crippen LogP contribution in [0.3, 0.4) is 0 Å². The fourth-order valence-electron chi connectivity index (χ4n) is 0.824. The van der Waals surface area contributed by atoms with Crippen molar-refractivity contribution in [2.45, 2.75) is 6.11 Å². The molecule has 0 aliphatic heterocycles. The largest absolute Gasteiger partial charge is 0.483 e. The van der Waals surface area contributed by atoms with E-state index >= 15 is 0 Å². The van der Waals surface area contributed by atoms with E-state index in [1.54, 1.807) is 0 Å². The third kappa shape index (κ3) is 2.86. The van der Waals surface area contributed by atoms with E-state index in [0.29, 0.717) is 4.47 Å². The molecule has 0 atom stereocenters. The summed E-state index contributed by atoms with van der Waals surface area (Å²) in [5.74, 6) is 0.867. The van der Waals surface area contributed by atoms with Crippen LogP contribution < -0.4 is 16.0 Å². The summed E-state index contributed by atoms with van der Waals surface area (Å²) in [4.78, 5) is 10.6. The predicted octanol–water partition coefficient (Wildman–Crippen LogP) is 1.55. The van der Waals surface area contributed by atoms with Gasteiger partial charge in [-0.15, -0.1) is 0 Å². The number of halogens is 4. The molecule has 88 valence electrons. The van der Waals surface area contributed by atoms with Gasteiger partial charge in [-0.3, -0.25) is 10.2 Å². The Morgan fingerprint density at radius 2 is 2.12 bits per heavy atom. The number of carbonyl (C=O) groups excluding carboxylic acids is 1. The monoisotopic (exact) mass is 298 g/mol. The van der Waals surface area contributed by atoms with E-state index in [1.807, 2.05) is 0 Å². The maximum absolute atomic E-state index is 13.0. The number of ether oxygens (including phenoxy) is 1. The summed E-state index contributed by atoms with van der Waals surface area (Å²) in [5.41, 5.74) is 1.21. The van der Waals surface area contributed by atoms with Crippen molar-refractivity contribution in [3.8, 4) is 5.75 Å². The molecule has 0 heterocycles. The molecule has 0 bridgehead atoms. The van der Waals surface area contributed by atoms with Gasteiger partial charge in [0, 0.05) is 4.47 Å². The van der Waals surface area contributed by atoms with Gasteiger partial charge in [0.15, 0.2) is 11.6 Å². The molecule has 0 unspecified atom stereocenters. The van der Waals surface area contributed by atoms with Crippen molar-refractivity contribution >= 4 is 21.8 Å². The summed E-state index contributed by atoms with van der Waals surface area (Å²) in [6.07, 6.45) is -4.24. The van der Waals surface area contributed by atoms with Gasteiger partial charge in [0.1, 0.15) is 0 Å². The Kier molecular flexibility index (Phi) is 3.76. The molecule has 4 nitrogen and oxygen atoms in total. The van der Waals surface area contributed by atoms with Crippen LogP contribution in [0.15, 0.2) is 22.7 Å². The van der Waals surface area contributed by atoms with Gasteiger partial charge < -0.3 is 4.74 Å². The van der Waals surface area contributed by atoms with Crippen molar-refractivity contribution in [2.75, 3.05) is 0 Å². The molecule has 0 aliphatic rings. The first-order valence-corrected chi connectivity index (χ1v) is 4.69. The van der Waals surface area contributed by atoms with Crippen LogP contribution in [0.1, 0.15) is 0 Å².